The number of likely N-dealkylation sites (N-methyl/N-ethyl adjacent to an activating group) is 1. The molecule has 2 bridgehead atoms. The van der Waals surface area contributed by atoms with Crippen molar-refractivity contribution in [3.05, 3.63) is 29.3 Å². The molecule has 1 saturated heterocycles. The highest BCUT2D eigenvalue weighted by molar-refractivity contribution is 5.78. The topological polar surface area (TPSA) is 40.5 Å². The third-order valence-corrected chi connectivity index (χ3v) is 7.33. The molecule has 1 fully saturated rings. The van der Waals surface area contributed by atoms with E-state index < -0.39 is 0 Å². The van der Waals surface area contributed by atoms with E-state index in [4.69, 9.17) is 0 Å². The number of phenolic OH excluding ortho intramolecular Hbond substituents is 1. The molecule has 1 aliphatic heterocycles. The molecule has 1 unspecified atom stereocenters. The number of phenols is 1. The fraction of sp³-hybridized carbons (Fsp3) is 0.682. The Hall–Kier alpha value is -1.35. The van der Waals surface area contributed by atoms with E-state index in [1.54, 1.807) is 0 Å². The van der Waals surface area contributed by atoms with Crippen LogP contribution in [0.3, 0.4) is 0 Å². The van der Waals surface area contributed by atoms with Crippen LogP contribution in [0.15, 0.2) is 18.2 Å². The Morgan fingerprint density at radius 2 is 2.08 bits per heavy atom. The number of benzene rings is 1. The van der Waals surface area contributed by atoms with Crippen LogP contribution in [0.5, 0.6) is 5.75 Å². The van der Waals surface area contributed by atoms with E-state index in [9.17, 15) is 9.90 Å². The molecule has 3 atom stereocenters. The first-order chi connectivity index (χ1) is 11.8. The monoisotopic (exact) mass is 343 g/mol. The molecule has 3 rings (SSSR count). The predicted molar refractivity (Wildman–Crippen MR) is 102 cm³/mol. The maximum Gasteiger partial charge on any atom is 0.132 e. The normalized spacial score (nSPS) is 31.6. The average Bonchev–Trinajstić information content (AvgIpc) is 2.58. The minimum Gasteiger partial charge on any atom is -0.508 e. The number of likely N-dealkylation sites (tertiary alicyclic amines) is 1. The van der Waals surface area contributed by atoms with Crippen LogP contribution in [-0.4, -0.2) is 35.4 Å². The molecule has 2 aliphatic rings. The fourth-order valence-electron chi connectivity index (χ4n) is 5.32. The number of piperidine rings is 1. The van der Waals surface area contributed by atoms with E-state index in [2.05, 4.69) is 38.8 Å². The van der Waals surface area contributed by atoms with E-state index in [0.717, 1.165) is 45.1 Å². The lowest BCUT2D eigenvalue weighted by atomic mass is 9.49. The molecule has 1 aliphatic carbocycles. The van der Waals surface area contributed by atoms with Crippen molar-refractivity contribution in [3.8, 4) is 5.75 Å². The van der Waals surface area contributed by atoms with Crippen LogP contribution in [0.4, 0.5) is 0 Å². The molecule has 1 aromatic rings. The van der Waals surface area contributed by atoms with E-state index >= 15 is 0 Å². The molecule has 25 heavy (non-hydrogen) atoms. The Morgan fingerprint density at radius 1 is 1.32 bits per heavy atom. The van der Waals surface area contributed by atoms with Gasteiger partial charge in [0.25, 0.3) is 0 Å². The number of carbonyl (C=O) groups is 1. The van der Waals surface area contributed by atoms with Crippen molar-refractivity contribution in [2.75, 3.05) is 13.6 Å². The molecular formula is C22H33NO2. The van der Waals surface area contributed by atoms with Crippen LogP contribution in [-0.2, 0) is 16.6 Å². The minimum absolute atomic E-state index is 0.0154. The highest BCUT2D eigenvalue weighted by Crippen LogP contribution is 2.58. The zero-order chi connectivity index (χ0) is 18.2. The van der Waals surface area contributed by atoms with Crippen molar-refractivity contribution in [3.63, 3.8) is 0 Å². The molecule has 0 radical (unpaired) electrons. The molecule has 3 nitrogen and oxygen atoms in total. The average molecular weight is 344 g/mol. The number of fused-ring (bicyclic) bond motifs is 4. The molecule has 1 N–H and O–H groups in total. The Morgan fingerprint density at radius 3 is 2.80 bits per heavy atom. The third-order valence-electron chi connectivity index (χ3n) is 7.33. The van der Waals surface area contributed by atoms with Gasteiger partial charge in [-0.05, 0) is 68.0 Å². The van der Waals surface area contributed by atoms with Crippen molar-refractivity contribution < 1.29 is 9.90 Å². The van der Waals surface area contributed by atoms with Crippen molar-refractivity contribution in [2.45, 2.75) is 77.2 Å². The van der Waals surface area contributed by atoms with Gasteiger partial charge in [-0.1, -0.05) is 33.3 Å². The zero-order valence-corrected chi connectivity index (χ0v) is 16.3. The number of hydrogen-bond acceptors (Lipinski definition) is 3. The Balaban J connectivity index is 1.93. The van der Waals surface area contributed by atoms with Crippen LogP contribution in [0.2, 0.25) is 0 Å². The highest BCUT2D eigenvalue weighted by Gasteiger charge is 2.57. The SMILES string of the molecule is CCCCC(=O)CC[C@]1(C)C2Cc3ccc(O)cc3[C@@]1(C)CCN2C. The Kier molecular flexibility index (Phi) is 4.98. The first-order valence-electron chi connectivity index (χ1n) is 9.86. The van der Waals surface area contributed by atoms with E-state index in [-0.39, 0.29) is 10.8 Å². The maximum absolute atomic E-state index is 12.3. The zero-order valence-electron chi connectivity index (χ0n) is 16.3. The maximum atomic E-state index is 12.3. The molecule has 0 saturated carbocycles. The van der Waals surface area contributed by atoms with Crippen LogP contribution < -0.4 is 0 Å². The summed E-state index contributed by atoms with van der Waals surface area (Å²) in [4.78, 5) is 14.8. The number of Topliss-reactive ketones (excluding diaryl/α,β-unsaturated/α-hetero) is 1. The first kappa shape index (κ1) is 18.4. The highest BCUT2D eigenvalue weighted by atomic mass is 16.3. The summed E-state index contributed by atoms with van der Waals surface area (Å²) in [5.41, 5.74) is 2.75. The Bertz CT molecular complexity index is 655. The van der Waals surface area contributed by atoms with Gasteiger partial charge in [0.05, 0.1) is 0 Å². The molecule has 1 aromatic carbocycles. The number of hydrogen-bond donors (Lipinski definition) is 1. The lowest BCUT2D eigenvalue weighted by Crippen LogP contribution is -2.64. The number of ketones is 1. The minimum atomic E-state index is 0.0154. The second-order valence-electron chi connectivity index (χ2n) is 8.68. The van der Waals surface area contributed by atoms with Gasteiger partial charge in [0.15, 0.2) is 0 Å². The van der Waals surface area contributed by atoms with Gasteiger partial charge in [-0.2, -0.15) is 0 Å². The molecule has 3 heteroatoms. The number of aromatic hydroxyl groups is 1. The standard InChI is InChI=1S/C22H33NO2/c1-5-6-7-17(24)10-11-22(3)20-14-16-8-9-18(25)15-19(16)21(22,2)12-13-23(20)4/h8-9,15,20,25H,5-7,10-14H2,1-4H3/t20?,21-,22-/m1/s1. The van der Waals surface area contributed by atoms with Gasteiger partial charge in [0, 0.05) is 24.3 Å². The Labute approximate surface area is 152 Å². The van der Waals surface area contributed by atoms with E-state index in [1.165, 1.54) is 11.1 Å². The van der Waals surface area contributed by atoms with Crippen LogP contribution in [0.1, 0.15) is 70.4 Å². The van der Waals surface area contributed by atoms with Crippen LogP contribution in [0.25, 0.3) is 0 Å². The summed E-state index contributed by atoms with van der Waals surface area (Å²) in [5.74, 6) is 0.771. The summed E-state index contributed by atoms with van der Waals surface area (Å²) in [7, 11) is 2.23. The molecule has 0 amide bonds. The quantitative estimate of drug-likeness (QED) is 0.829. The van der Waals surface area contributed by atoms with Gasteiger partial charge in [-0.15, -0.1) is 0 Å². The van der Waals surface area contributed by atoms with Gasteiger partial charge in [0.1, 0.15) is 11.5 Å². The summed E-state index contributed by atoms with van der Waals surface area (Å²) in [6.45, 7) is 7.96. The molecular weight excluding hydrogens is 310 g/mol. The van der Waals surface area contributed by atoms with Gasteiger partial charge < -0.3 is 10.0 Å². The van der Waals surface area contributed by atoms with Crippen LogP contribution in [0, 0.1) is 5.41 Å². The third kappa shape index (κ3) is 3.01. The predicted octanol–water partition coefficient (Wildman–Crippen LogP) is 4.46. The van der Waals surface area contributed by atoms with Gasteiger partial charge in [-0.25, -0.2) is 0 Å². The smallest absolute Gasteiger partial charge is 0.132 e. The molecule has 0 spiro atoms. The summed E-state index contributed by atoms with van der Waals surface area (Å²) in [6, 6.07) is 6.35. The number of unbranched alkanes of at least 4 members (excludes halogenated alkanes) is 1. The summed E-state index contributed by atoms with van der Waals surface area (Å²) < 4.78 is 0. The molecule has 0 aromatic heterocycles. The molecule has 1 heterocycles. The first-order valence-corrected chi connectivity index (χ1v) is 9.86. The number of rotatable bonds is 6. The van der Waals surface area contributed by atoms with Crippen molar-refractivity contribution in [2.24, 2.45) is 5.41 Å². The van der Waals surface area contributed by atoms with Crippen molar-refractivity contribution in [1.82, 2.24) is 4.90 Å². The fourth-order valence-corrected chi connectivity index (χ4v) is 5.32. The number of carbonyl (C=O) groups excluding carboxylic acids is 1. The second-order valence-corrected chi connectivity index (χ2v) is 8.68. The van der Waals surface area contributed by atoms with Crippen molar-refractivity contribution >= 4 is 5.78 Å². The molecule has 138 valence electrons. The van der Waals surface area contributed by atoms with Crippen molar-refractivity contribution in [1.29, 1.82) is 0 Å². The van der Waals surface area contributed by atoms with E-state index in [1.807, 2.05) is 12.1 Å². The van der Waals surface area contributed by atoms with Gasteiger partial charge >= 0.3 is 0 Å². The summed E-state index contributed by atoms with van der Waals surface area (Å²) in [6.07, 6.45) is 6.53. The van der Waals surface area contributed by atoms with Crippen LogP contribution >= 0.6 is 0 Å². The lowest BCUT2D eigenvalue weighted by molar-refractivity contribution is -0.121. The summed E-state index contributed by atoms with van der Waals surface area (Å²) >= 11 is 0. The van der Waals surface area contributed by atoms with Gasteiger partial charge in [0.2, 0.25) is 0 Å². The van der Waals surface area contributed by atoms with Gasteiger partial charge in [-0.3, -0.25) is 4.79 Å². The largest absolute Gasteiger partial charge is 0.508 e. The number of nitrogens with zero attached hydrogens (tertiary/aromatic N) is 1. The lowest BCUT2D eigenvalue weighted by Gasteiger charge is -2.62. The summed E-state index contributed by atoms with van der Waals surface area (Å²) in [5, 5.41) is 10.1. The van der Waals surface area contributed by atoms with E-state index in [0.29, 0.717) is 24.0 Å². The second kappa shape index (κ2) is 6.75.